The molecule has 2 heterocycles. The molecule has 0 atom stereocenters. The standard InChI is InChI=1S/C16H14N3S.3C4H9.Sn/c1-19(2)15-9-7-12(11-17-15)8-10-16-18-13-5-3-4-6-14(13)20-16;3*1-3-4-2;/h3,5-11H,1-2H3;3*1,3-4H2,2H3;/b10-8+;;;;. The number of hydrogen-bond donors (Lipinski definition) is 0. The average molecular weight is 570 g/mol. The summed E-state index contributed by atoms with van der Waals surface area (Å²) in [6.07, 6.45) is 14.3. The normalized spacial score (nSPS) is 12.2. The van der Waals surface area contributed by atoms with Crippen LogP contribution in [-0.4, -0.2) is 42.4 Å². The van der Waals surface area contributed by atoms with Crippen molar-refractivity contribution in [2.24, 2.45) is 0 Å². The van der Waals surface area contributed by atoms with Crippen LogP contribution in [0.3, 0.4) is 0 Å². The molecule has 0 bridgehead atoms. The second kappa shape index (κ2) is 12.9. The van der Waals surface area contributed by atoms with Gasteiger partial charge in [0, 0.05) is 14.1 Å². The van der Waals surface area contributed by atoms with Gasteiger partial charge in [-0.3, -0.25) is 0 Å². The minimum atomic E-state index is -2.40. The monoisotopic (exact) mass is 571 g/mol. The van der Waals surface area contributed by atoms with E-state index in [0.717, 1.165) is 21.9 Å². The van der Waals surface area contributed by atoms with Gasteiger partial charge in [0.1, 0.15) is 0 Å². The van der Waals surface area contributed by atoms with Crippen molar-refractivity contribution in [2.75, 3.05) is 19.0 Å². The van der Waals surface area contributed by atoms with Crippen LogP contribution in [0, 0.1) is 0 Å². The zero-order valence-electron chi connectivity index (χ0n) is 21.2. The molecule has 2 aromatic heterocycles. The molecular weight excluding hydrogens is 529 g/mol. The second-order valence-electron chi connectivity index (χ2n) is 9.50. The molecule has 0 amide bonds. The molecule has 0 saturated heterocycles. The topological polar surface area (TPSA) is 29.0 Å². The van der Waals surface area contributed by atoms with Gasteiger partial charge in [0.25, 0.3) is 0 Å². The number of anilines is 1. The van der Waals surface area contributed by atoms with E-state index in [2.05, 4.69) is 68.2 Å². The molecule has 0 aliphatic rings. The summed E-state index contributed by atoms with van der Waals surface area (Å²) in [5.41, 5.74) is 2.25. The van der Waals surface area contributed by atoms with Crippen LogP contribution in [0.5, 0.6) is 0 Å². The Kier molecular flexibility index (Phi) is 10.2. The van der Waals surface area contributed by atoms with Crippen LogP contribution in [0.25, 0.3) is 22.4 Å². The van der Waals surface area contributed by atoms with Crippen molar-refractivity contribution in [3.05, 3.63) is 47.1 Å². The number of thiazole rings is 1. The molecule has 178 valence electrons. The zero-order chi connectivity index (χ0) is 23.7. The van der Waals surface area contributed by atoms with Crippen LogP contribution >= 0.6 is 11.3 Å². The Morgan fingerprint density at radius 1 is 0.879 bits per heavy atom. The minimum absolute atomic E-state index is 0.976. The van der Waals surface area contributed by atoms with E-state index in [9.17, 15) is 0 Å². The Labute approximate surface area is 209 Å². The van der Waals surface area contributed by atoms with Gasteiger partial charge in [-0.2, -0.15) is 0 Å². The fourth-order valence-electron chi connectivity index (χ4n) is 4.63. The number of fused-ring (bicyclic) bond motifs is 1. The van der Waals surface area contributed by atoms with Crippen molar-refractivity contribution in [1.29, 1.82) is 0 Å². The fourth-order valence-corrected chi connectivity index (χ4v) is 21.8. The van der Waals surface area contributed by atoms with E-state index in [1.165, 1.54) is 56.5 Å². The molecule has 0 fully saturated rings. The molecule has 0 saturated carbocycles. The number of aromatic nitrogens is 2. The van der Waals surface area contributed by atoms with Crippen LogP contribution in [0.1, 0.15) is 69.9 Å². The van der Waals surface area contributed by atoms with Gasteiger partial charge in [0.2, 0.25) is 0 Å². The van der Waals surface area contributed by atoms with Gasteiger partial charge in [-0.1, -0.05) is 0 Å². The third kappa shape index (κ3) is 7.05. The van der Waals surface area contributed by atoms with E-state index >= 15 is 0 Å². The molecule has 0 N–H and O–H groups in total. The Hall–Kier alpha value is -1.40. The van der Waals surface area contributed by atoms with Crippen LogP contribution in [0.15, 0.2) is 36.5 Å². The summed E-state index contributed by atoms with van der Waals surface area (Å²) in [6, 6.07) is 11.5. The van der Waals surface area contributed by atoms with Crippen LogP contribution in [0.4, 0.5) is 5.82 Å². The molecule has 0 aliphatic carbocycles. The average Bonchev–Trinajstić information content (AvgIpc) is 3.25. The van der Waals surface area contributed by atoms with E-state index < -0.39 is 18.4 Å². The molecule has 0 spiro atoms. The summed E-state index contributed by atoms with van der Waals surface area (Å²) >= 11 is -0.566. The number of nitrogens with zero attached hydrogens (tertiary/aromatic N) is 3. The predicted molar refractivity (Wildman–Crippen MR) is 152 cm³/mol. The van der Waals surface area contributed by atoms with Crippen molar-refractivity contribution in [1.82, 2.24) is 9.97 Å². The van der Waals surface area contributed by atoms with Gasteiger partial charge in [0.15, 0.2) is 0 Å². The molecule has 0 aliphatic heterocycles. The first-order chi connectivity index (χ1) is 16.0. The quantitative estimate of drug-likeness (QED) is 0.195. The van der Waals surface area contributed by atoms with E-state index in [0.29, 0.717) is 0 Å². The summed E-state index contributed by atoms with van der Waals surface area (Å²) in [5, 5.41) is 1.08. The van der Waals surface area contributed by atoms with Crippen molar-refractivity contribution in [3.8, 4) is 0 Å². The first kappa shape index (κ1) is 26.2. The van der Waals surface area contributed by atoms with Gasteiger partial charge in [0.05, 0.1) is 0 Å². The maximum absolute atomic E-state index is 4.91. The molecule has 0 unspecified atom stereocenters. The summed E-state index contributed by atoms with van der Waals surface area (Å²) < 4.78 is 7.64. The third-order valence-corrected chi connectivity index (χ3v) is 23.3. The van der Waals surface area contributed by atoms with Gasteiger partial charge >= 0.3 is 196 Å². The predicted octanol–water partition coefficient (Wildman–Crippen LogP) is 7.98. The molecule has 1 aromatic carbocycles. The Bertz CT molecular complexity index is 1000. The molecule has 3 aromatic rings. The number of pyridine rings is 1. The van der Waals surface area contributed by atoms with Gasteiger partial charge < -0.3 is 0 Å². The van der Waals surface area contributed by atoms with E-state index in [1.54, 1.807) is 3.58 Å². The van der Waals surface area contributed by atoms with Gasteiger partial charge in [-0.15, -0.1) is 0 Å². The number of hydrogen-bond acceptors (Lipinski definition) is 4. The summed E-state index contributed by atoms with van der Waals surface area (Å²) in [7, 11) is 4.03. The molecule has 3 rings (SSSR count). The molecule has 3 nitrogen and oxygen atoms in total. The van der Waals surface area contributed by atoms with E-state index in [-0.39, 0.29) is 0 Å². The van der Waals surface area contributed by atoms with E-state index in [4.69, 9.17) is 4.98 Å². The summed E-state index contributed by atoms with van der Waals surface area (Å²) in [4.78, 5) is 11.4. The van der Waals surface area contributed by atoms with Crippen LogP contribution in [0.2, 0.25) is 13.3 Å². The summed E-state index contributed by atoms with van der Waals surface area (Å²) in [5.74, 6) is 0.976. The van der Waals surface area contributed by atoms with Gasteiger partial charge in [-0.25, -0.2) is 0 Å². The molecular formula is C28H41N3SSn. The van der Waals surface area contributed by atoms with Crippen LogP contribution in [-0.2, 0) is 0 Å². The SMILES string of the molecule is CCC[CH2][Sn]([CH2]CCC)([CH2]CCC)[c]1ccc2nc(/C=C/c3ccc(N(C)C)nc3)sc2c1. The number of unbranched alkanes of at least 4 members (excludes halogenated alkanes) is 3. The first-order valence-electron chi connectivity index (χ1n) is 12.7. The second-order valence-corrected chi connectivity index (χ2v) is 23.8. The first-order valence-corrected chi connectivity index (χ1v) is 21.0. The van der Waals surface area contributed by atoms with Crippen LogP contribution < -0.4 is 8.48 Å². The summed E-state index contributed by atoms with van der Waals surface area (Å²) in [6.45, 7) is 7.06. The molecule has 0 radical (unpaired) electrons. The van der Waals surface area contributed by atoms with Crippen molar-refractivity contribution >= 4 is 61.5 Å². The third-order valence-electron chi connectivity index (χ3n) is 6.69. The molecule has 33 heavy (non-hydrogen) atoms. The number of rotatable bonds is 13. The van der Waals surface area contributed by atoms with Crippen molar-refractivity contribution in [3.63, 3.8) is 0 Å². The van der Waals surface area contributed by atoms with Crippen molar-refractivity contribution in [2.45, 2.75) is 72.6 Å². The maximum atomic E-state index is 4.91. The number of benzene rings is 1. The zero-order valence-corrected chi connectivity index (χ0v) is 24.9. The van der Waals surface area contributed by atoms with Gasteiger partial charge in [-0.05, 0) is 0 Å². The Morgan fingerprint density at radius 2 is 1.55 bits per heavy atom. The van der Waals surface area contributed by atoms with E-state index in [1.807, 2.05) is 36.5 Å². The Balaban J connectivity index is 1.88. The fraction of sp³-hybridized carbons (Fsp3) is 0.500. The van der Waals surface area contributed by atoms with Crippen molar-refractivity contribution < 1.29 is 0 Å². The molecule has 5 heteroatoms. The Morgan fingerprint density at radius 3 is 2.09 bits per heavy atom.